The Morgan fingerprint density at radius 1 is 1.08 bits per heavy atom. The van der Waals surface area contributed by atoms with Crippen molar-refractivity contribution in [2.24, 2.45) is 0 Å². The molecule has 0 aliphatic rings. The van der Waals surface area contributed by atoms with Gasteiger partial charge in [-0.3, -0.25) is 9.69 Å². The Morgan fingerprint density at radius 3 is 2.62 bits per heavy atom. The summed E-state index contributed by atoms with van der Waals surface area (Å²) in [5.74, 6) is 0.450. The molecule has 132 valence electrons. The van der Waals surface area contributed by atoms with Gasteiger partial charge in [0.2, 0.25) is 0 Å². The quantitative estimate of drug-likeness (QED) is 0.659. The van der Waals surface area contributed by atoms with Crippen LogP contribution >= 0.6 is 0 Å². The maximum Gasteiger partial charge on any atom is 0.259 e. The van der Waals surface area contributed by atoms with E-state index in [4.69, 9.17) is 4.74 Å². The molecule has 2 aromatic carbocycles. The number of amides is 1. The molecule has 5 heteroatoms. The normalized spacial score (nSPS) is 10.4. The lowest BCUT2D eigenvalue weighted by Gasteiger charge is -2.22. The third-order valence-corrected chi connectivity index (χ3v) is 3.85. The second-order valence-corrected chi connectivity index (χ2v) is 5.63. The second-order valence-electron chi connectivity index (χ2n) is 5.63. The minimum atomic E-state index is -0.357. The molecule has 0 saturated carbocycles. The van der Waals surface area contributed by atoms with Crippen molar-refractivity contribution in [1.82, 2.24) is 4.98 Å². The minimum Gasteiger partial charge on any atom is -0.494 e. The van der Waals surface area contributed by atoms with E-state index in [9.17, 15) is 9.18 Å². The van der Waals surface area contributed by atoms with Gasteiger partial charge < -0.3 is 4.74 Å². The van der Waals surface area contributed by atoms with E-state index in [2.05, 4.69) is 4.98 Å². The average Bonchev–Trinajstić information content (AvgIpc) is 2.68. The zero-order valence-electron chi connectivity index (χ0n) is 14.4. The summed E-state index contributed by atoms with van der Waals surface area (Å²) in [5.41, 5.74) is 0.880. The van der Waals surface area contributed by atoms with Crippen LogP contribution in [0.25, 0.3) is 0 Å². The topological polar surface area (TPSA) is 42.4 Å². The van der Waals surface area contributed by atoms with Crippen molar-refractivity contribution < 1.29 is 13.9 Å². The van der Waals surface area contributed by atoms with Crippen molar-refractivity contribution in [2.75, 3.05) is 11.5 Å². The number of aromatic nitrogens is 1. The van der Waals surface area contributed by atoms with Gasteiger partial charge in [0.25, 0.3) is 5.91 Å². The van der Waals surface area contributed by atoms with Gasteiger partial charge in [0.15, 0.2) is 0 Å². The summed E-state index contributed by atoms with van der Waals surface area (Å²) < 4.78 is 19.6. The van der Waals surface area contributed by atoms with Crippen LogP contribution in [0.1, 0.15) is 22.8 Å². The van der Waals surface area contributed by atoms with Gasteiger partial charge in [-0.2, -0.15) is 0 Å². The molecule has 4 nitrogen and oxygen atoms in total. The highest BCUT2D eigenvalue weighted by Crippen LogP contribution is 2.21. The molecule has 0 unspecified atom stereocenters. The number of pyridine rings is 1. The van der Waals surface area contributed by atoms with E-state index >= 15 is 0 Å². The molecule has 3 aromatic rings. The number of hydrogen-bond donors (Lipinski definition) is 0. The Kier molecular flexibility index (Phi) is 5.59. The van der Waals surface area contributed by atoms with E-state index in [-0.39, 0.29) is 18.3 Å². The molecular formula is C21H19FN2O2. The molecular weight excluding hydrogens is 331 g/mol. The molecule has 1 aromatic heterocycles. The van der Waals surface area contributed by atoms with E-state index in [1.54, 1.807) is 66.9 Å². The smallest absolute Gasteiger partial charge is 0.259 e. The first-order chi connectivity index (χ1) is 12.7. The predicted molar refractivity (Wildman–Crippen MR) is 98.8 cm³/mol. The van der Waals surface area contributed by atoms with Gasteiger partial charge in [-0.25, -0.2) is 9.37 Å². The van der Waals surface area contributed by atoms with E-state index in [0.29, 0.717) is 29.3 Å². The van der Waals surface area contributed by atoms with E-state index < -0.39 is 0 Å². The third-order valence-electron chi connectivity index (χ3n) is 3.85. The van der Waals surface area contributed by atoms with E-state index in [1.807, 2.05) is 6.92 Å². The molecule has 0 aliphatic heterocycles. The largest absolute Gasteiger partial charge is 0.494 e. The highest BCUT2D eigenvalue weighted by Gasteiger charge is 2.21. The molecule has 0 saturated heterocycles. The van der Waals surface area contributed by atoms with Crippen LogP contribution in [0.2, 0.25) is 0 Å². The Labute approximate surface area is 151 Å². The molecule has 3 rings (SSSR count). The fraction of sp³-hybridized carbons (Fsp3) is 0.143. The number of ether oxygens (including phenoxy) is 1. The van der Waals surface area contributed by atoms with Crippen LogP contribution < -0.4 is 9.64 Å². The SMILES string of the molecule is CCOc1cccc(C(=O)N(Cc2ccccc2F)c2ccccn2)c1. The fourth-order valence-electron chi connectivity index (χ4n) is 2.61. The highest BCUT2D eigenvalue weighted by molar-refractivity contribution is 6.05. The van der Waals surface area contributed by atoms with Crippen molar-refractivity contribution in [2.45, 2.75) is 13.5 Å². The Balaban J connectivity index is 1.96. The summed E-state index contributed by atoms with van der Waals surface area (Å²) in [5, 5.41) is 0. The Hall–Kier alpha value is -3.21. The van der Waals surface area contributed by atoms with Crippen molar-refractivity contribution >= 4 is 11.7 Å². The summed E-state index contributed by atoms with van der Waals surface area (Å²) >= 11 is 0. The Bertz CT molecular complexity index is 884. The molecule has 1 heterocycles. The number of rotatable bonds is 6. The van der Waals surface area contributed by atoms with Crippen molar-refractivity contribution in [3.63, 3.8) is 0 Å². The molecule has 0 fully saturated rings. The number of nitrogens with zero attached hydrogens (tertiary/aromatic N) is 2. The van der Waals surface area contributed by atoms with Gasteiger partial charge in [0, 0.05) is 17.3 Å². The first-order valence-corrected chi connectivity index (χ1v) is 8.38. The van der Waals surface area contributed by atoms with E-state index in [1.165, 1.54) is 11.0 Å². The molecule has 0 N–H and O–H groups in total. The summed E-state index contributed by atoms with van der Waals surface area (Å²) in [7, 11) is 0. The number of anilines is 1. The fourth-order valence-corrected chi connectivity index (χ4v) is 2.61. The molecule has 0 spiro atoms. The standard InChI is InChI=1S/C21H19FN2O2/c1-2-26-18-10-7-9-16(14-18)21(25)24(20-12-5-6-13-23-20)15-17-8-3-4-11-19(17)22/h3-14H,2,15H2,1H3. The lowest BCUT2D eigenvalue weighted by molar-refractivity contribution is 0.0983. The Morgan fingerprint density at radius 2 is 1.88 bits per heavy atom. The molecule has 0 radical (unpaired) electrons. The average molecular weight is 350 g/mol. The third kappa shape index (κ3) is 4.06. The lowest BCUT2D eigenvalue weighted by atomic mass is 10.1. The van der Waals surface area contributed by atoms with Crippen LogP contribution in [0.15, 0.2) is 72.9 Å². The van der Waals surface area contributed by atoms with E-state index in [0.717, 1.165) is 0 Å². The first kappa shape index (κ1) is 17.6. The van der Waals surface area contributed by atoms with Gasteiger partial charge in [-0.1, -0.05) is 30.3 Å². The molecule has 1 amide bonds. The number of carbonyl (C=O) groups is 1. The van der Waals surface area contributed by atoms with Crippen molar-refractivity contribution in [3.8, 4) is 5.75 Å². The maximum atomic E-state index is 14.1. The van der Waals surface area contributed by atoms with Crippen LogP contribution in [0, 0.1) is 5.82 Å². The summed E-state index contributed by atoms with van der Waals surface area (Å²) in [6, 6.07) is 18.6. The van der Waals surface area contributed by atoms with Crippen LogP contribution in [0.3, 0.4) is 0 Å². The molecule has 0 atom stereocenters. The zero-order valence-corrected chi connectivity index (χ0v) is 14.4. The predicted octanol–water partition coefficient (Wildman–Crippen LogP) is 4.47. The monoisotopic (exact) mass is 350 g/mol. The zero-order chi connectivity index (χ0) is 18.4. The van der Waals surface area contributed by atoms with Crippen LogP contribution in [0.4, 0.5) is 10.2 Å². The van der Waals surface area contributed by atoms with Gasteiger partial charge in [0.1, 0.15) is 17.4 Å². The van der Waals surface area contributed by atoms with Crippen molar-refractivity contribution in [1.29, 1.82) is 0 Å². The number of hydrogen-bond acceptors (Lipinski definition) is 3. The maximum absolute atomic E-state index is 14.1. The number of carbonyl (C=O) groups excluding carboxylic acids is 1. The van der Waals surface area contributed by atoms with Crippen LogP contribution in [-0.2, 0) is 6.54 Å². The summed E-state index contributed by atoms with van der Waals surface area (Å²) in [4.78, 5) is 18.8. The summed E-state index contributed by atoms with van der Waals surface area (Å²) in [6.07, 6.45) is 1.60. The molecule has 0 aliphatic carbocycles. The molecule has 0 bridgehead atoms. The first-order valence-electron chi connectivity index (χ1n) is 8.38. The number of halogens is 1. The second kappa shape index (κ2) is 8.25. The number of benzene rings is 2. The highest BCUT2D eigenvalue weighted by atomic mass is 19.1. The van der Waals surface area contributed by atoms with Crippen LogP contribution in [0.5, 0.6) is 5.75 Å². The molecule has 26 heavy (non-hydrogen) atoms. The van der Waals surface area contributed by atoms with Gasteiger partial charge >= 0.3 is 0 Å². The van der Waals surface area contributed by atoms with Crippen LogP contribution in [-0.4, -0.2) is 17.5 Å². The lowest BCUT2D eigenvalue weighted by Crippen LogP contribution is -2.31. The van der Waals surface area contributed by atoms with Crippen molar-refractivity contribution in [3.05, 3.63) is 89.9 Å². The van der Waals surface area contributed by atoms with Gasteiger partial charge in [0.05, 0.1) is 13.2 Å². The summed E-state index contributed by atoms with van der Waals surface area (Å²) in [6.45, 7) is 2.48. The van der Waals surface area contributed by atoms with Gasteiger partial charge in [-0.15, -0.1) is 0 Å². The van der Waals surface area contributed by atoms with Gasteiger partial charge in [-0.05, 0) is 43.3 Å². The minimum absolute atomic E-state index is 0.0847.